The third-order valence-corrected chi connectivity index (χ3v) is 10.1. The topological polar surface area (TPSA) is 216 Å². The van der Waals surface area contributed by atoms with Crippen molar-refractivity contribution < 1.29 is 24.4 Å². The van der Waals surface area contributed by atoms with Crippen molar-refractivity contribution in [3.05, 3.63) is 175 Å². The average Bonchev–Trinajstić information content (AvgIpc) is 3.72. The van der Waals surface area contributed by atoms with Crippen LogP contribution >= 0.6 is 46.4 Å². The summed E-state index contributed by atoms with van der Waals surface area (Å²) in [5.41, 5.74) is 9.41. The first-order valence-electron chi connectivity index (χ1n) is 18.7. The van der Waals surface area contributed by atoms with Crippen molar-refractivity contribution in [3.63, 3.8) is 0 Å². The molecule has 7 rings (SSSR count). The third kappa shape index (κ3) is 12.3. The number of aliphatic imine (C=N–C) groups is 1. The van der Waals surface area contributed by atoms with E-state index in [4.69, 9.17) is 57.3 Å². The van der Waals surface area contributed by atoms with Crippen molar-refractivity contribution in [2.75, 3.05) is 41.4 Å². The number of anilines is 4. The molecule has 2 aromatic heterocycles. The second-order valence-electron chi connectivity index (χ2n) is 13.7. The highest BCUT2D eigenvalue weighted by atomic mass is 35.5. The maximum atomic E-state index is 12.9. The number of amides is 4. The van der Waals surface area contributed by atoms with Gasteiger partial charge in [0.1, 0.15) is 17.5 Å². The number of oxime groups is 1. The molecule has 0 radical (unpaired) electrons. The predicted molar refractivity (Wildman–Crippen MR) is 254 cm³/mol. The van der Waals surface area contributed by atoms with Crippen LogP contribution in [0.1, 0.15) is 65.5 Å². The zero-order chi connectivity index (χ0) is 45.2. The molecular formula is C45H40Cl4N10O5. The van der Waals surface area contributed by atoms with Gasteiger partial charge in [0.2, 0.25) is 0 Å². The van der Waals surface area contributed by atoms with E-state index in [1.165, 1.54) is 54.9 Å². The van der Waals surface area contributed by atoms with Gasteiger partial charge in [-0.3, -0.25) is 24.2 Å². The van der Waals surface area contributed by atoms with E-state index in [2.05, 4.69) is 46.3 Å². The first-order chi connectivity index (χ1) is 30.2. The molecule has 19 heteroatoms. The summed E-state index contributed by atoms with van der Waals surface area (Å²) in [6.45, 7) is 3.55. The number of halogens is 4. The molecule has 0 saturated carbocycles. The maximum absolute atomic E-state index is 12.9. The number of amidine groups is 2. The largest absolute Gasteiger partial charge is 0.409 e. The van der Waals surface area contributed by atoms with Crippen LogP contribution in [0.25, 0.3) is 0 Å². The number of hydrogen-bond acceptors (Lipinski definition) is 10. The van der Waals surface area contributed by atoms with Gasteiger partial charge in [0.05, 0.1) is 44.1 Å². The first-order valence-corrected chi connectivity index (χ1v) is 20.2. The number of nitrogens with zero attached hydrogens (tertiary/aromatic N) is 5. The predicted octanol–water partition coefficient (Wildman–Crippen LogP) is 9.52. The summed E-state index contributed by atoms with van der Waals surface area (Å²) in [7, 11) is 2.00. The Bertz CT molecular complexity index is 2730. The molecule has 64 heavy (non-hydrogen) atoms. The lowest BCUT2D eigenvalue weighted by Crippen LogP contribution is -2.23. The van der Waals surface area contributed by atoms with Crippen LogP contribution in [0, 0.1) is 6.92 Å². The van der Waals surface area contributed by atoms with Crippen LogP contribution < -0.4 is 27.0 Å². The lowest BCUT2D eigenvalue weighted by molar-refractivity contribution is 0.101. The van der Waals surface area contributed by atoms with Crippen molar-refractivity contribution in [1.29, 1.82) is 0 Å². The van der Waals surface area contributed by atoms with Gasteiger partial charge in [-0.05, 0) is 79.7 Å². The fourth-order valence-corrected chi connectivity index (χ4v) is 6.71. The summed E-state index contributed by atoms with van der Waals surface area (Å²) in [4.78, 5) is 65.9. The maximum Gasteiger partial charge on any atom is 0.259 e. The molecule has 15 nitrogen and oxygen atoms in total. The van der Waals surface area contributed by atoms with E-state index in [1.807, 2.05) is 32.2 Å². The van der Waals surface area contributed by atoms with Crippen LogP contribution in [0.4, 0.5) is 23.0 Å². The van der Waals surface area contributed by atoms with Crippen molar-refractivity contribution in [2.45, 2.75) is 14.4 Å². The van der Waals surface area contributed by atoms with Gasteiger partial charge in [0, 0.05) is 53.3 Å². The van der Waals surface area contributed by atoms with Gasteiger partial charge in [0.25, 0.3) is 23.6 Å². The first kappa shape index (κ1) is 48.0. The molecule has 6 aromatic rings. The summed E-state index contributed by atoms with van der Waals surface area (Å²) in [6.07, 6.45) is 2.83. The number of carbonyl (C=O) groups is 4. The molecule has 1 aliphatic heterocycles. The minimum Gasteiger partial charge on any atom is -0.409 e. The highest BCUT2D eigenvalue weighted by Gasteiger charge is 2.21. The van der Waals surface area contributed by atoms with Gasteiger partial charge in [-0.15, -0.1) is 0 Å². The number of likely N-dealkylation sites (N-methyl/N-ethyl adjacent to an activating group) is 1. The summed E-state index contributed by atoms with van der Waals surface area (Å²) in [5.74, 6) is -0.356. The van der Waals surface area contributed by atoms with Crippen LogP contribution in [0.2, 0.25) is 20.1 Å². The number of aryl methyl sites for hydroxylation is 1. The highest BCUT2D eigenvalue weighted by Crippen LogP contribution is 2.31. The van der Waals surface area contributed by atoms with Crippen molar-refractivity contribution >= 4 is 105 Å². The number of carbonyl (C=O) groups excluding carboxylic acids is 4. The molecule has 7 N–H and O–H groups in total. The molecule has 0 atom stereocenters. The second-order valence-corrected chi connectivity index (χ2v) is 15.4. The van der Waals surface area contributed by atoms with Crippen molar-refractivity contribution in [1.82, 2.24) is 14.9 Å². The Morgan fingerprint density at radius 3 is 1.73 bits per heavy atom. The van der Waals surface area contributed by atoms with Gasteiger partial charge in [-0.2, -0.15) is 0 Å². The molecule has 0 bridgehead atoms. The SMILES string of the molecule is C.Cc1ccc(NC(=O)c2ccc(C3=NCCN3C)cc2)c(C(=O)Nc2ccc(Cl)cn2)c1.NC(=NO)c1ccc(C(=O)Nc2c(Cl)cc(Cl)cc2C(=O)Nc2ccc(Cl)cn2)cc1. The molecule has 328 valence electrons. The summed E-state index contributed by atoms with van der Waals surface area (Å²) in [5, 5.41) is 23.6. The lowest BCUT2D eigenvalue weighted by atomic mass is 10.1. The molecule has 4 aromatic carbocycles. The molecule has 0 unspecified atom stereocenters. The third-order valence-electron chi connectivity index (χ3n) is 9.16. The number of nitrogens with two attached hydrogens (primary N) is 1. The van der Waals surface area contributed by atoms with E-state index in [-0.39, 0.29) is 57.8 Å². The van der Waals surface area contributed by atoms with Gasteiger partial charge in [-0.25, -0.2) is 9.97 Å². The molecule has 3 heterocycles. The van der Waals surface area contributed by atoms with Gasteiger partial charge < -0.3 is 37.1 Å². The summed E-state index contributed by atoms with van der Waals surface area (Å²) < 4.78 is 0. The van der Waals surface area contributed by atoms with Crippen molar-refractivity contribution in [2.24, 2.45) is 15.9 Å². The van der Waals surface area contributed by atoms with Crippen LogP contribution in [0.5, 0.6) is 0 Å². The number of rotatable bonds is 10. The molecule has 1 aliphatic rings. The number of pyridine rings is 2. The summed E-state index contributed by atoms with van der Waals surface area (Å²) in [6, 6.07) is 27.6. The quantitative estimate of drug-likeness (QED) is 0.0333. The Hall–Kier alpha value is -7.04. The molecule has 0 aliphatic carbocycles. The van der Waals surface area contributed by atoms with Crippen LogP contribution in [-0.2, 0) is 0 Å². The van der Waals surface area contributed by atoms with Crippen LogP contribution in [-0.4, -0.2) is 75.5 Å². The molecule has 4 amide bonds. The van der Waals surface area contributed by atoms with E-state index in [9.17, 15) is 19.2 Å². The normalized spacial score (nSPS) is 11.9. The Labute approximate surface area is 388 Å². The van der Waals surface area contributed by atoms with Crippen LogP contribution in [0.3, 0.4) is 0 Å². The second kappa shape index (κ2) is 21.8. The molecule has 0 fully saturated rings. The monoisotopic (exact) mass is 940 g/mol. The Morgan fingerprint density at radius 1 is 0.656 bits per heavy atom. The fourth-order valence-electron chi connectivity index (χ4n) is 5.95. The Kier molecular flexibility index (Phi) is 16.4. The van der Waals surface area contributed by atoms with E-state index in [0.717, 1.165) is 30.1 Å². The molecule has 0 spiro atoms. The summed E-state index contributed by atoms with van der Waals surface area (Å²) >= 11 is 23.9. The zero-order valence-corrected chi connectivity index (χ0v) is 36.3. The number of aromatic nitrogens is 2. The Morgan fingerprint density at radius 2 is 1.20 bits per heavy atom. The molecular weight excluding hydrogens is 902 g/mol. The smallest absolute Gasteiger partial charge is 0.259 e. The highest BCUT2D eigenvalue weighted by molar-refractivity contribution is 6.38. The van der Waals surface area contributed by atoms with E-state index in [1.54, 1.807) is 42.5 Å². The van der Waals surface area contributed by atoms with E-state index in [0.29, 0.717) is 38.2 Å². The molecule has 0 saturated heterocycles. The fraction of sp³-hybridized carbons (Fsp3) is 0.111. The average molecular weight is 943 g/mol. The van der Waals surface area contributed by atoms with E-state index >= 15 is 0 Å². The van der Waals surface area contributed by atoms with E-state index < -0.39 is 11.8 Å². The van der Waals surface area contributed by atoms with Gasteiger partial charge in [0.15, 0.2) is 5.84 Å². The van der Waals surface area contributed by atoms with Gasteiger partial charge in [-0.1, -0.05) is 94.9 Å². The lowest BCUT2D eigenvalue weighted by Gasteiger charge is -2.14. The van der Waals surface area contributed by atoms with Crippen LogP contribution in [0.15, 0.2) is 126 Å². The minimum absolute atomic E-state index is 0. The zero-order valence-electron chi connectivity index (χ0n) is 33.3. The number of nitrogens with one attached hydrogen (secondary N) is 4. The standard InChI is InChI=1S/C24H22ClN5O2.C20H14Cl3N5O3.CH4/c1-15-3-9-20(19(13-15)24(32)29-21-10-8-18(25)14-27-21)28-23(31)17-6-4-16(5-7-17)22-26-11-12-30(22)2;21-12-5-6-16(25-9-12)26-20(30)14-7-13(22)8-15(23)17(14)27-19(29)11-3-1-10(2-4-11)18(24)28-31;/h3-10,13-14H,11-12H2,1-2H3,(H,28,31)(H,27,29,32);1-9,31H,(H2,24,28)(H,27,29)(H,25,26,30);1H4. The minimum atomic E-state index is -0.586. The number of benzene rings is 4. The van der Waals surface area contributed by atoms with Crippen molar-refractivity contribution in [3.8, 4) is 0 Å². The Balaban J connectivity index is 0.000000237. The number of hydrogen-bond donors (Lipinski definition) is 6. The van der Waals surface area contributed by atoms with Gasteiger partial charge >= 0.3 is 0 Å².